The lowest BCUT2D eigenvalue weighted by Gasteiger charge is -2.51. The summed E-state index contributed by atoms with van der Waals surface area (Å²) in [6, 6.07) is 0. The van der Waals surface area contributed by atoms with E-state index in [0.717, 1.165) is 31.4 Å². The van der Waals surface area contributed by atoms with Crippen LogP contribution < -0.4 is 0 Å². The summed E-state index contributed by atoms with van der Waals surface area (Å²) in [6.07, 6.45) is 4.19. The number of carbonyl (C=O) groups is 1. The molecule has 0 radical (unpaired) electrons. The van der Waals surface area contributed by atoms with Gasteiger partial charge in [-0.15, -0.1) is 0 Å². The van der Waals surface area contributed by atoms with Crippen LogP contribution in [0.4, 0.5) is 0 Å². The highest BCUT2D eigenvalue weighted by atomic mass is 16.7. The van der Waals surface area contributed by atoms with Crippen LogP contribution in [0.3, 0.4) is 0 Å². The topological polar surface area (TPSA) is 44.8 Å². The van der Waals surface area contributed by atoms with Gasteiger partial charge in [-0.25, -0.2) is 0 Å². The highest BCUT2D eigenvalue weighted by Gasteiger charge is 2.57. The van der Waals surface area contributed by atoms with Crippen molar-refractivity contribution in [2.75, 3.05) is 13.2 Å². The summed E-state index contributed by atoms with van der Waals surface area (Å²) in [5, 5.41) is 0. The minimum atomic E-state index is -0.484. The van der Waals surface area contributed by atoms with Crippen molar-refractivity contribution >= 4 is 5.97 Å². The molecule has 0 aromatic carbocycles. The van der Waals surface area contributed by atoms with Gasteiger partial charge in [0.05, 0.1) is 19.1 Å². The fourth-order valence-corrected chi connectivity index (χ4v) is 4.96. The van der Waals surface area contributed by atoms with Crippen LogP contribution in [0.25, 0.3) is 0 Å². The molecule has 0 N–H and O–H groups in total. The van der Waals surface area contributed by atoms with Crippen LogP contribution >= 0.6 is 0 Å². The Kier molecular flexibility index (Phi) is 2.84. The number of rotatable bonds is 0. The Hall–Kier alpha value is -0.870. The molecular weight excluding hydrogens is 268 g/mol. The van der Waals surface area contributed by atoms with Crippen molar-refractivity contribution in [2.45, 2.75) is 52.2 Å². The quantitative estimate of drug-likeness (QED) is 0.644. The lowest BCUT2D eigenvalue weighted by Crippen LogP contribution is -2.49. The summed E-state index contributed by atoms with van der Waals surface area (Å²) in [6.45, 7) is 7.84. The van der Waals surface area contributed by atoms with Gasteiger partial charge in [0.1, 0.15) is 5.76 Å². The molecule has 2 aliphatic carbocycles. The third kappa shape index (κ3) is 1.72. The zero-order valence-corrected chi connectivity index (χ0v) is 13.1. The molecule has 0 unspecified atom stereocenters. The van der Waals surface area contributed by atoms with Gasteiger partial charge in [0, 0.05) is 18.3 Å². The summed E-state index contributed by atoms with van der Waals surface area (Å²) >= 11 is 0. The van der Waals surface area contributed by atoms with Gasteiger partial charge in [0.2, 0.25) is 0 Å². The maximum absolute atomic E-state index is 12.0. The molecule has 0 amide bonds. The Morgan fingerprint density at radius 3 is 2.52 bits per heavy atom. The van der Waals surface area contributed by atoms with Gasteiger partial charge >= 0.3 is 5.97 Å². The molecule has 4 nitrogen and oxygen atoms in total. The van der Waals surface area contributed by atoms with Crippen LogP contribution in [0.5, 0.6) is 0 Å². The van der Waals surface area contributed by atoms with E-state index in [2.05, 4.69) is 13.8 Å². The van der Waals surface area contributed by atoms with Gasteiger partial charge in [0.25, 0.3) is 0 Å². The van der Waals surface area contributed by atoms with Crippen LogP contribution in [0.15, 0.2) is 11.3 Å². The summed E-state index contributed by atoms with van der Waals surface area (Å²) in [5.74, 6) is 0.822. The zero-order valence-electron chi connectivity index (χ0n) is 13.1. The molecule has 1 saturated carbocycles. The number of hydrogen-bond donors (Lipinski definition) is 0. The van der Waals surface area contributed by atoms with E-state index in [1.54, 1.807) is 0 Å². The average Bonchev–Trinajstić information content (AvgIpc) is 3.03. The van der Waals surface area contributed by atoms with Crippen LogP contribution in [-0.4, -0.2) is 25.0 Å². The molecule has 2 heterocycles. The lowest BCUT2D eigenvalue weighted by molar-refractivity contribution is -0.207. The minimum Gasteiger partial charge on any atom is -0.431 e. The number of hydrogen-bond acceptors (Lipinski definition) is 4. The minimum absolute atomic E-state index is 0.00691. The van der Waals surface area contributed by atoms with Gasteiger partial charge < -0.3 is 14.2 Å². The van der Waals surface area contributed by atoms with E-state index in [-0.39, 0.29) is 29.1 Å². The fourth-order valence-electron chi connectivity index (χ4n) is 4.96. The molecule has 0 aromatic rings. The first kappa shape index (κ1) is 13.8. The molecule has 0 aromatic heterocycles. The van der Waals surface area contributed by atoms with E-state index < -0.39 is 5.79 Å². The summed E-state index contributed by atoms with van der Waals surface area (Å²) in [4.78, 5) is 12.0. The molecule has 2 aliphatic heterocycles. The number of allylic oxidation sites excluding steroid dienone is 1. The first-order chi connectivity index (χ1) is 9.97. The highest BCUT2D eigenvalue weighted by molar-refractivity contribution is 5.77. The number of fused-ring (bicyclic) bond motifs is 2. The Bertz CT molecular complexity index is 517. The SMILES string of the molecule is C[C@@H]1C(=O)OC2=C3[C@@H](C)C4(CC[C@]3(C)CC[C@H]21)OCCO4. The largest absolute Gasteiger partial charge is 0.431 e. The standard InChI is InChI=1S/C17H24O4/c1-10-12-4-5-16(3)6-7-17(19-8-9-20-17)11(2)13(16)14(12)21-15(10)18/h10-12H,4-9H2,1-3H3/t10-,11+,12-,16-/m0/s1. The smallest absolute Gasteiger partial charge is 0.314 e. The Balaban J connectivity index is 1.82. The summed E-state index contributed by atoms with van der Waals surface area (Å²) in [7, 11) is 0. The Morgan fingerprint density at radius 1 is 1.10 bits per heavy atom. The average molecular weight is 292 g/mol. The second-order valence-electron chi connectivity index (χ2n) is 7.42. The van der Waals surface area contributed by atoms with Gasteiger partial charge in [-0.2, -0.15) is 0 Å². The van der Waals surface area contributed by atoms with E-state index in [4.69, 9.17) is 14.2 Å². The molecule has 4 heteroatoms. The highest BCUT2D eigenvalue weighted by Crippen LogP contribution is 2.60. The van der Waals surface area contributed by atoms with Crippen molar-refractivity contribution in [1.29, 1.82) is 0 Å². The summed E-state index contributed by atoms with van der Waals surface area (Å²) < 4.78 is 17.7. The lowest BCUT2D eigenvalue weighted by atomic mass is 9.58. The van der Waals surface area contributed by atoms with Crippen LogP contribution in [-0.2, 0) is 19.0 Å². The maximum atomic E-state index is 12.0. The van der Waals surface area contributed by atoms with E-state index in [1.165, 1.54) is 5.57 Å². The maximum Gasteiger partial charge on any atom is 0.314 e. The molecule has 1 spiro atoms. The first-order valence-corrected chi connectivity index (χ1v) is 8.21. The molecule has 2 saturated heterocycles. The van der Waals surface area contributed by atoms with Crippen LogP contribution in [0.1, 0.15) is 46.5 Å². The van der Waals surface area contributed by atoms with Gasteiger partial charge in [-0.05, 0) is 30.3 Å². The fraction of sp³-hybridized carbons (Fsp3) is 0.824. The van der Waals surface area contributed by atoms with Gasteiger partial charge in [0.15, 0.2) is 5.79 Å². The van der Waals surface area contributed by atoms with E-state index >= 15 is 0 Å². The molecule has 0 bridgehead atoms. The zero-order chi connectivity index (χ0) is 14.8. The third-order valence-electron chi connectivity index (χ3n) is 6.34. The van der Waals surface area contributed by atoms with Crippen molar-refractivity contribution in [3.05, 3.63) is 11.3 Å². The predicted molar refractivity (Wildman–Crippen MR) is 76.1 cm³/mol. The molecule has 21 heavy (non-hydrogen) atoms. The van der Waals surface area contributed by atoms with Crippen molar-refractivity contribution < 1.29 is 19.0 Å². The molecule has 4 rings (SSSR count). The first-order valence-electron chi connectivity index (χ1n) is 8.21. The van der Waals surface area contributed by atoms with Crippen molar-refractivity contribution in [3.8, 4) is 0 Å². The predicted octanol–water partition coefficient (Wildman–Crippen LogP) is 3.02. The molecule has 3 fully saturated rings. The second-order valence-corrected chi connectivity index (χ2v) is 7.42. The van der Waals surface area contributed by atoms with Crippen molar-refractivity contribution in [1.82, 2.24) is 0 Å². The number of esters is 1. The molecular formula is C17H24O4. The van der Waals surface area contributed by atoms with E-state index in [9.17, 15) is 4.79 Å². The van der Waals surface area contributed by atoms with Crippen LogP contribution in [0, 0.1) is 23.2 Å². The van der Waals surface area contributed by atoms with Crippen molar-refractivity contribution in [2.24, 2.45) is 23.2 Å². The Labute approximate surface area is 125 Å². The van der Waals surface area contributed by atoms with E-state index in [1.807, 2.05) is 6.92 Å². The van der Waals surface area contributed by atoms with E-state index in [0.29, 0.717) is 13.2 Å². The summed E-state index contributed by atoms with van der Waals surface area (Å²) in [5.41, 5.74) is 1.43. The van der Waals surface area contributed by atoms with Gasteiger partial charge in [-0.3, -0.25) is 4.79 Å². The van der Waals surface area contributed by atoms with Crippen LogP contribution in [0.2, 0.25) is 0 Å². The molecule has 4 aliphatic rings. The number of ether oxygens (including phenoxy) is 3. The monoisotopic (exact) mass is 292 g/mol. The Morgan fingerprint density at radius 2 is 1.81 bits per heavy atom. The normalized spacial score (nSPS) is 44.7. The third-order valence-corrected chi connectivity index (χ3v) is 6.34. The van der Waals surface area contributed by atoms with Gasteiger partial charge in [-0.1, -0.05) is 20.8 Å². The molecule has 116 valence electrons. The second kappa shape index (κ2) is 4.32. The molecule has 4 atom stereocenters. The number of carbonyl (C=O) groups excluding carboxylic acids is 1. The van der Waals surface area contributed by atoms with Crippen molar-refractivity contribution in [3.63, 3.8) is 0 Å².